The molecule has 0 fully saturated rings. The van der Waals surface area contributed by atoms with Crippen LogP contribution in [-0.4, -0.2) is 32.1 Å². The third kappa shape index (κ3) is 4.37. The fraction of sp³-hybridized carbons (Fsp3) is 0.0952. The minimum absolute atomic E-state index is 0.0772. The number of carbonyl (C=O) groups is 1. The largest absolute Gasteiger partial charge is 0.497 e. The molecule has 158 valence electrons. The standard InChI is InChI=1S/C21H17ClFN5O2S/c1-30-16-6-4-5-14(11-16)20-25-27(21(31)28(20)26-9-2-3-10-26)13-19(29)24-15-7-8-18(23)17(22)12-15/h2-12H,13H2,1H3,(H,24,29). The molecule has 0 saturated heterocycles. The first-order valence-electron chi connectivity index (χ1n) is 9.19. The third-order valence-electron chi connectivity index (χ3n) is 4.46. The van der Waals surface area contributed by atoms with Crippen LogP contribution < -0.4 is 10.1 Å². The van der Waals surface area contributed by atoms with Crippen LogP contribution >= 0.6 is 23.8 Å². The van der Waals surface area contributed by atoms with Gasteiger partial charge in [0.1, 0.15) is 18.1 Å². The number of aromatic nitrogens is 4. The Kier molecular flexibility index (Phi) is 5.88. The van der Waals surface area contributed by atoms with Crippen molar-refractivity contribution in [3.63, 3.8) is 0 Å². The van der Waals surface area contributed by atoms with E-state index in [9.17, 15) is 9.18 Å². The van der Waals surface area contributed by atoms with Crippen molar-refractivity contribution in [2.24, 2.45) is 0 Å². The number of benzene rings is 2. The fourth-order valence-electron chi connectivity index (χ4n) is 3.02. The number of ether oxygens (including phenoxy) is 1. The quantitative estimate of drug-likeness (QED) is 0.428. The first kappa shape index (κ1) is 20.8. The van der Waals surface area contributed by atoms with E-state index >= 15 is 0 Å². The molecule has 4 rings (SSSR count). The number of nitrogens with one attached hydrogen (secondary N) is 1. The molecule has 0 radical (unpaired) electrons. The van der Waals surface area contributed by atoms with E-state index in [1.54, 1.807) is 16.5 Å². The molecule has 0 aliphatic rings. The van der Waals surface area contributed by atoms with Gasteiger partial charge in [0.25, 0.3) is 0 Å². The monoisotopic (exact) mass is 457 g/mol. The lowest BCUT2D eigenvalue weighted by Crippen LogP contribution is -2.20. The Morgan fingerprint density at radius 3 is 2.68 bits per heavy atom. The highest BCUT2D eigenvalue weighted by Crippen LogP contribution is 2.24. The molecule has 10 heteroatoms. The lowest BCUT2D eigenvalue weighted by molar-refractivity contribution is -0.116. The van der Waals surface area contributed by atoms with E-state index < -0.39 is 5.82 Å². The van der Waals surface area contributed by atoms with Crippen molar-refractivity contribution in [1.29, 1.82) is 0 Å². The van der Waals surface area contributed by atoms with Gasteiger partial charge in [-0.2, -0.15) is 0 Å². The van der Waals surface area contributed by atoms with Gasteiger partial charge in [0.2, 0.25) is 10.7 Å². The molecule has 2 aromatic heterocycles. The van der Waals surface area contributed by atoms with Crippen molar-refractivity contribution in [2.45, 2.75) is 6.54 Å². The summed E-state index contributed by atoms with van der Waals surface area (Å²) in [6, 6.07) is 15.1. The number of nitrogens with zero attached hydrogens (tertiary/aromatic N) is 4. The van der Waals surface area contributed by atoms with Crippen molar-refractivity contribution < 1.29 is 13.9 Å². The van der Waals surface area contributed by atoms with Gasteiger partial charge in [0.05, 0.1) is 12.1 Å². The van der Waals surface area contributed by atoms with Crippen molar-refractivity contribution in [1.82, 2.24) is 19.1 Å². The molecule has 31 heavy (non-hydrogen) atoms. The van der Waals surface area contributed by atoms with Crippen LogP contribution in [0.15, 0.2) is 67.0 Å². The normalized spacial score (nSPS) is 10.8. The van der Waals surface area contributed by atoms with Gasteiger partial charge < -0.3 is 10.1 Å². The summed E-state index contributed by atoms with van der Waals surface area (Å²) in [6.07, 6.45) is 3.65. The maximum absolute atomic E-state index is 13.3. The second-order valence-corrected chi connectivity index (χ2v) is 7.32. The molecular formula is C21H17ClFN5O2S. The van der Waals surface area contributed by atoms with E-state index in [0.29, 0.717) is 22.0 Å². The number of anilines is 1. The molecule has 7 nitrogen and oxygen atoms in total. The molecule has 0 unspecified atom stereocenters. The van der Waals surface area contributed by atoms with Crippen LogP contribution in [0.5, 0.6) is 5.75 Å². The Hall–Kier alpha value is -3.43. The fourth-order valence-corrected chi connectivity index (χ4v) is 3.49. The first-order chi connectivity index (χ1) is 15.0. The van der Waals surface area contributed by atoms with Crippen LogP contribution in [0, 0.1) is 10.6 Å². The minimum Gasteiger partial charge on any atom is -0.497 e. The van der Waals surface area contributed by atoms with Gasteiger partial charge in [0, 0.05) is 23.6 Å². The number of hydrogen-bond donors (Lipinski definition) is 1. The van der Waals surface area contributed by atoms with E-state index in [1.165, 1.54) is 22.9 Å². The van der Waals surface area contributed by atoms with Crippen LogP contribution in [0.25, 0.3) is 11.4 Å². The number of rotatable bonds is 6. The van der Waals surface area contributed by atoms with Crippen LogP contribution in [0.3, 0.4) is 0 Å². The minimum atomic E-state index is -0.560. The van der Waals surface area contributed by atoms with Gasteiger partial charge in [-0.05, 0) is 54.7 Å². The van der Waals surface area contributed by atoms with E-state index in [2.05, 4.69) is 10.4 Å². The third-order valence-corrected chi connectivity index (χ3v) is 5.14. The van der Waals surface area contributed by atoms with E-state index in [1.807, 2.05) is 48.8 Å². The van der Waals surface area contributed by atoms with E-state index in [4.69, 9.17) is 28.6 Å². The summed E-state index contributed by atoms with van der Waals surface area (Å²) in [6.45, 7) is -0.140. The molecular weight excluding hydrogens is 441 g/mol. The molecule has 0 saturated carbocycles. The zero-order valence-electron chi connectivity index (χ0n) is 16.3. The Morgan fingerprint density at radius 1 is 1.19 bits per heavy atom. The van der Waals surface area contributed by atoms with Gasteiger partial charge in [-0.3, -0.25) is 9.47 Å². The lowest BCUT2D eigenvalue weighted by atomic mass is 10.2. The maximum atomic E-state index is 13.3. The number of methoxy groups -OCH3 is 1. The Morgan fingerprint density at radius 2 is 1.97 bits per heavy atom. The van der Waals surface area contributed by atoms with Crippen molar-refractivity contribution in [2.75, 3.05) is 12.4 Å². The average Bonchev–Trinajstić information content (AvgIpc) is 3.39. The molecule has 2 aromatic carbocycles. The number of amides is 1. The number of halogens is 2. The topological polar surface area (TPSA) is 66.0 Å². The zero-order valence-corrected chi connectivity index (χ0v) is 17.9. The SMILES string of the molecule is COc1cccc(-c2nn(CC(=O)Nc3ccc(F)c(Cl)c3)c(=S)n2-n2cccc2)c1. The average molecular weight is 458 g/mol. The van der Waals surface area contributed by atoms with Crippen LogP contribution in [-0.2, 0) is 11.3 Å². The highest BCUT2D eigenvalue weighted by Gasteiger charge is 2.17. The predicted molar refractivity (Wildman–Crippen MR) is 118 cm³/mol. The maximum Gasteiger partial charge on any atom is 0.246 e. The molecule has 0 aliphatic carbocycles. The Bertz CT molecular complexity index is 1300. The van der Waals surface area contributed by atoms with Crippen molar-refractivity contribution in [3.8, 4) is 17.1 Å². The summed E-state index contributed by atoms with van der Waals surface area (Å²) < 4.78 is 23.9. The smallest absolute Gasteiger partial charge is 0.246 e. The zero-order chi connectivity index (χ0) is 22.0. The molecule has 1 N–H and O–H groups in total. The molecule has 4 aromatic rings. The van der Waals surface area contributed by atoms with Gasteiger partial charge >= 0.3 is 0 Å². The van der Waals surface area contributed by atoms with Crippen molar-refractivity contribution >= 4 is 35.4 Å². The van der Waals surface area contributed by atoms with Gasteiger partial charge in [0.15, 0.2) is 5.82 Å². The number of hydrogen-bond acceptors (Lipinski definition) is 4. The summed E-state index contributed by atoms with van der Waals surface area (Å²) in [5.41, 5.74) is 1.14. The van der Waals surface area contributed by atoms with Gasteiger partial charge in [-0.25, -0.2) is 13.7 Å². The summed E-state index contributed by atoms with van der Waals surface area (Å²) in [5, 5.41) is 7.17. The Labute approximate surface area is 187 Å². The van der Waals surface area contributed by atoms with Gasteiger partial charge in [-0.1, -0.05) is 23.7 Å². The van der Waals surface area contributed by atoms with Crippen LogP contribution in [0.1, 0.15) is 0 Å². The predicted octanol–water partition coefficient (Wildman–Crippen LogP) is 4.63. The molecule has 0 atom stereocenters. The summed E-state index contributed by atoms with van der Waals surface area (Å²) >= 11 is 11.4. The van der Waals surface area contributed by atoms with Crippen molar-refractivity contribution in [3.05, 3.63) is 82.6 Å². The lowest BCUT2D eigenvalue weighted by Gasteiger charge is -2.08. The number of carbonyl (C=O) groups excluding carboxylic acids is 1. The molecule has 1 amide bonds. The highest BCUT2D eigenvalue weighted by atomic mass is 35.5. The Balaban J connectivity index is 1.69. The first-order valence-corrected chi connectivity index (χ1v) is 9.97. The molecule has 0 aliphatic heterocycles. The molecule has 0 bridgehead atoms. The highest BCUT2D eigenvalue weighted by molar-refractivity contribution is 7.71. The molecule has 0 spiro atoms. The van der Waals surface area contributed by atoms with Crippen LogP contribution in [0.4, 0.5) is 10.1 Å². The summed E-state index contributed by atoms with van der Waals surface area (Å²) in [7, 11) is 1.59. The summed E-state index contributed by atoms with van der Waals surface area (Å²) in [5.74, 6) is 0.268. The van der Waals surface area contributed by atoms with Crippen LogP contribution in [0.2, 0.25) is 5.02 Å². The van der Waals surface area contributed by atoms with E-state index in [0.717, 1.165) is 5.56 Å². The van der Waals surface area contributed by atoms with Gasteiger partial charge in [-0.15, -0.1) is 5.10 Å². The molecule has 2 heterocycles. The second kappa shape index (κ2) is 8.75. The van der Waals surface area contributed by atoms with E-state index in [-0.39, 0.29) is 17.5 Å². The summed E-state index contributed by atoms with van der Waals surface area (Å²) in [4.78, 5) is 12.6. The second-order valence-electron chi connectivity index (χ2n) is 6.55.